The van der Waals surface area contributed by atoms with Gasteiger partial charge >= 0.3 is 6.18 Å². The van der Waals surface area contributed by atoms with Gasteiger partial charge in [-0.25, -0.2) is 0 Å². The Balaban J connectivity index is 1.48. The van der Waals surface area contributed by atoms with Crippen LogP contribution in [0.25, 0.3) is 5.65 Å². The van der Waals surface area contributed by atoms with Crippen LogP contribution in [0.2, 0.25) is 0 Å². The van der Waals surface area contributed by atoms with Gasteiger partial charge in [0.05, 0.1) is 0 Å². The molecule has 2 aromatic heterocycles. The Labute approximate surface area is 176 Å². The summed E-state index contributed by atoms with van der Waals surface area (Å²) in [6.07, 6.45) is -1.80. The first kappa shape index (κ1) is 20.8. The first-order chi connectivity index (χ1) is 14.9. The van der Waals surface area contributed by atoms with E-state index in [0.717, 1.165) is 5.69 Å². The van der Waals surface area contributed by atoms with E-state index in [1.165, 1.54) is 6.07 Å². The van der Waals surface area contributed by atoms with Crippen LogP contribution in [0.5, 0.6) is 0 Å². The van der Waals surface area contributed by atoms with Crippen molar-refractivity contribution in [2.75, 3.05) is 29.4 Å². The molecule has 1 saturated heterocycles. The third kappa shape index (κ3) is 4.23. The van der Waals surface area contributed by atoms with E-state index in [1.54, 1.807) is 17.0 Å². The van der Waals surface area contributed by atoms with Crippen LogP contribution in [0.1, 0.15) is 18.7 Å². The third-order valence-electron chi connectivity index (χ3n) is 5.32. The second-order valence-electron chi connectivity index (χ2n) is 7.32. The average Bonchev–Trinajstić information content (AvgIpc) is 3.22. The summed E-state index contributed by atoms with van der Waals surface area (Å²) in [4.78, 5) is 16.7. The van der Waals surface area contributed by atoms with E-state index in [2.05, 4.69) is 21.9 Å². The van der Waals surface area contributed by atoms with Crippen molar-refractivity contribution in [1.82, 2.24) is 19.8 Å². The Hall–Kier alpha value is -3.43. The molecule has 0 bridgehead atoms. The van der Waals surface area contributed by atoms with Crippen LogP contribution < -0.4 is 9.80 Å². The predicted molar refractivity (Wildman–Crippen MR) is 110 cm³/mol. The first-order valence-corrected chi connectivity index (χ1v) is 9.90. The molecule has 31 heavy (non-hydrogen) atoms. The third-order valence-corrected chi connectivity index (χ3v) is 5.32. The van der Waals surface area contributed by atoms with Gasteiger partial charge in [0.1, 0.15) is 5.82 Å². The van der Waals surface area contributed by atoms with Gasteiger partial charge in [-0.05, 0) is 37.1 Å². The van der Waals surface area contributed by atoms with Crippen molar-refractivity contribution < 1.29 is 18.0 Å². The maximum Gasteiger partial charge on any atom is 0.453 e. The average molecular weight is 430 g/mol. The molecule has 3 aromatic rings. The number of carbonyl (C=O) groups is 1. The number of fused-ring (bicyclic) bond motifs is 1. The van der Waals surface area contributed by atoms with Crippen molar-refractivity contribution in [1.29, 1.82) is 0 Å². The highest BCUT2D eigenvalue weighted by Gasteiger charge is 2.38. The van der Waals surface area contributed by atoms with Crippen LogP contribution >= 0.6 is 0 Å². The largest absolute Gasteiger partial charge is 0.453 e. The van der Waals surface area contributed by atoms with Gasteiger partial charge in [0.2, 0.25) is 5.91 Å². The van der Waals surface area contributed by atoms with Crippen LogP contribution in [0.15, 0.2) is 55.1 Å². The topological polar surface area (TPSA) is 66.6 Å². The van der Waals surface area contributed by atoms with Gasteiger partial charge < -0.3 is 9.80 Å². The van der Waals surface area contributed by atoms with E-state index in [1.807, 2.05) is 35.2 Å². The van der Waals surface area contributed by atoms with E-state index in [-0.39, 0.29) is 17.5 Å². The summed E-state index contributed by atoms with van der Waals surface area (Å²) in [7, 11) is 0. The van der Waals surface area contributed by atoms with Crippen LogP contribution in [0.3, 0.4) is 0 Å². The monoisotopic (exact) mass is 430 g/mol. The maximum atomic E-state index is 13.1. The number of hydrogen-bond donors (Lipinski definition) is 0. The van der Waals surface area contributed by atoms with Crippen molar-refractivity contribution >= 4 is 23.1 Å². The minimum atomic E-state index is -4.64. The number of benzene rings is 1. The lowest BCUT2D eigenvalue weighted by molar-refractivity contribution is -0.146. The Kier molecular flexibility index (Phi) is 5.62. The minimum Gasteiger partial charge on any atom is -0.355 e. The molecular weight excluding hydrogens is 409 g/mol. The normalized spacial score (nSPS) is 15.3. The molecule has 3 heterocycles. The fourth-order valence-corrected chi connectivity index (χ4v) is 3.76. The molecule has 0 aliphatic carbocycles. The number of halogens is 3. The molecule has 0 spiro atoms. The Morgan fingerprint density at radius 3 is 2.48 bits per heavy atom. The van der Waals surface area contributed by atoms with Crippen molar-refractivity contribution in [2.24, 2.45) is 5.92 Å². The summed E-state index contributed by atoms with van der Waals surface area (Å²) in [5, 5.41) is 10.8. The second-order valence-corrected chi connectivity index (χ2v) is 7.32. The SMILES string of the molecule is C=CCN(C(=O)C1CCN(c2ccc3nnc(C(F)(F)F)n3n2)CC1)c1ccccc1. The number of para-hydroxylation sites is 1. The number of piperidine rings is 1. The smallest absolute Gasteiger partial charge is 0.355 e. The summed E-state index contributed by atoms with van der Waals surface area (Å²) >= 11 is 0. The molecule has 162 valence electrons. The van der Waals surface area contributed by atoms with Crippen molar-refractivity contribution in [3.05, 3.63) is 60.9 Å². The van der Waals surface area contributed by atoms with E-state index < -0.39 is 12.0 Å². The highest BCUT2D eigenvalue weighted by molar-refractivity contribution is 5.95. The van der Waals surface area contributed by atoms with Gasteiger partial charge in [-0.2, -0.15) is 17.7 Å². The van der Waals surface area contributed by atoms with Gasteiger partial charge in [0.25, 0.3) is 5.82 Å². The summed E-state index contributed by atoms with van der Waals surface area (Å²) in [5.41, 5.74) is 0.846. The van der Waals surface area contributed by atoms with Crippen LogP contribution in [-0.4, -0.2) is 45.4 Å². The fraction of sp³-hybridized carbons (Fsp3) is 0.333. The number of alkyl halides is 3. The highest BCUT2D eigenvalue weighted by atomic mass is 19.4. The number of carbonyl (C=O) groups excluding carboxylic acids is 1. The zero-order valence-corrected chi connectivity index (χ0v) is 16.7. The lowest BCUT2D eigenvalue weighted by Gasteiger charge is -2.34. The molecule has 1 aliphatic heterocycles. The summed E-state index contributed by atoms with van der Waals surface area (Å²) < 4.78 is 40.1. The number of aromatic nitrogens is 4. The lowest BCUT2D eigenvalue weighted by atomic mass is 9.95. The zero-order valence-electron chi connectivity index (χ0n) is 16.7. The number of nitrogens with zero attached hydrogens (tertiary/aromatic N) is 6. The number of anilines is 2. The molecule has 0 N–H and O–H groups in total. The molecule has 1 aliphatic rings. The van der Waals surface area contributed by atoms with Gasteiger partial charge in [-0.15, -0.1) is 21.9 Å². The molecule has 7 nitrogen and oxygen atoms in total. The Bertz CT molecular complexity index is 1070. The number of rotatable bonds is 5. The highest BCUT2D eigenvalue weighted by Crippen LogP contribution is 2.29. The molecule has 1 amide bonds. The van der Waals surface area contributed by atoms with Crippen LogP contribution in [-0.2, 0) is 11.0 Å². The van der Waals surface area contributed by atoms with Gasteiger partial charge in [-0.3, -0.25) is 4.79 Å². The van der Waals surface area contributed by atoms with Crippen LogP contribution in [0, 0.1) is 5.92 Å². The van der Waals surface area contributed by atoms with E-state index >= 15 is 0 Å². The quantitative estimate of drug-likeness (QED) is 0.579. The zero-order chi connectivity index (χ0) is 22.0. The fourth-order valence-electron chi connectivity index (χ4n) is 3.76. The van der Waals surface area contributed by atoms with Crippen LogP contribution in [0.4, 0.5) is 24.7 Å². The van der Waals surface area contributed by atoms with Gasteiger partial charge in [0.15, 0.2) is 5.65 Å². The lowest BCUT2D eigenvalue weighted by Crippen LogP contribution is -2.43. The van der Waals surface area contributed by atoms with E-state index in [9.17, 15) is 18.0 Å². The Morgan fingerprint density at radius 1 is 1.13 bits per heavy atom. The molecule has 0 unspecified atom stereocenters. The second kappa shape index (κ2) is 8.37. The molecule has 0 saturated carbocycles. The molecule has 4 rings (SSSR count). The van der Waals surface area contributed by atoms with Crippen molar-refractivity contribution in [3.8, 4) is 0 Å². The number of hydrogen-bond acceptors (Lipinski definition) is 5. The van der Waals surface area contributed by atoms with Crippen molar-refractivity contribution in [2.45, 2.75) is 19.0 Å². The molecule has 0 atom stereocenters. The van der Waals surface area contributed by atoms with E-state index in [0.29, 0.717) is 42.8 Å². The Morgan fingerprint density at radius 2 is 1.84 bits per heavy atom. The summed E-state index contributed by atoms with van der Waals surface area (Å²) in [5.74, 6) is -0.917. The van der Waals surface area contributed by atoms with E-state index in [4.69, 9.17) is 0 Å². The minimum absolute atomic E-state index is 0.0207. The summed E-state index contributed by atoms with van der Waals surface area (Å²) in [6, 6.07) is 12.5. The molecular formula is C21H21F3N6O. The van der Waals surface area contributed by atoms with Gasteiger partial charge in [-0.1, -0.05) is 24.3 Å². The standard InChI is InChI=1S/C21H21F3N6O/c1-2-12-29(16-6-4-3-5-7-16)19(31)15-10-13-28(14-11-15)18-9-8-17-25-26-20(21(22,23)24)30(17)27-18/h2-9,15H,1,10-14H2. The predicted octanol–water partition coefficient (Wildman–Crippen LogP) is 3.58. The molecule has 1 aromatic carbocycles. The first-order valence-electron chi connectivity index (χ1n) is 9.90. The molecule has 0 radical (unpaired) electrons. The maximum absolute atomic E-state index is 13.1. The summed E-state index contributed by atoms with van der Waals surface area (Å²) in [6.45, 7) is 5.18. The van der Waals surface area contributed by atoms with Crippen molar-refractivity contribution in [3.63, 3.8) is 0 Å². The molecule has 1 fully saturated rings. The number of amides is 1. The van der Waals surface area contributed by atoms with Gasteiger partial charge in [0, 0.05) is 31.2 Å². The molecule has 10 heteroatoms.